The quantitative estimate of drug-likeness (QED) is 0.172. The Bertz CT molecular complexity index is 188. The first-order chi connectivity index (χ1) is 11.2. The SMILES string of the molecule is CCCCCCC[Si](C)(CCCCCCC)CCCCCCC. The molecule has 0 rings (SSSR count). The van der Waals surface area contributed by atoms with Crippen molar-refractivity contribution < 1.29 is 0 Å². The highest BCUT2D eigenvalue weighted by Crippen LogP contribution is 2.29. The lowest BCUT2D eigenvalue weighted by atomic mass is 10.2. The third-order valence-electron chi connectivity index (χ3n) is 5.65. The monoisotopic (exact) mass is 340 g/mol. The van der Waals surface area contributed by atoms with E-state index in [1.54, 1.807) is 18.1 Å². The molecule has 0 unspecified atom stereocenters. The smallest absolute Gasteiger partial charge is 0.0504 e. The zero-order valence-corrected chi connectivity index (χ0v) is 18.2. The molecule has 0 saturated carbocycles. The fourth-order valence-electron chi connectivity index (χ4n) is 3.84. The van der Waals surface area contributed by atoms with E-state index in [0.717, 1.165) is 0 Å². The van der Waals surface area contributed by atoms with Gasteiger partial charge >= 0.3 is 0 Å². The molecule has 0 aliphatic rings. The minimum atomic E-state index is -0.930. The molecule has 0 radical (unpaired) electrons. The minimum absolute atomic E-state index is 0.930. The Morgan fingerprint density at radius 2 is 0.652 bits per heavy atom. The first-order valence-corrected chi connectivity index (χ1v) is 14.3. The van der Waals surface area contributed by atoms with Crippen LogP contribution in [-0.2, 0) is 0 Å². The van der Waals surface area contributed by atoms with Gasteiger partial charge in [-0.2, -0.15) is 0 Å². The van der Waals surface area contributed by atoms with Crippen molar-refractivity contribution in [2.24, 2.45) is 0 Å². The highest BCUT2D eigenvalue weighted by molar-refractivity contribution is 6.78. The van der Waals surface area contributed by atoms with Gasteiger partial charge in [-0.15, -0.1) is 0 Å². The van der Waals surface area contributed by atoms with Crippen molar-refractivity contribution in [2.75, 3.05) is 0 Å². The van der Waals surface area contributed by atoms with Crippen LogP contribution in [0, 0.1) is 0 Å². The van der Waals surface area contributed by atoms with E-state index >= 15 is 0 Å². The van der Waals surface area contributed by atoms with Gasteiger partial charge in [-0.3, -0.25) is 0 Å². The molecule has 0 aliphatic heterocycles. The number of rotatable bonds is 18. The maximum atomic E-state index is 2.74. The second kappa shape index (κ2) is 17.1. The average molecular weight is 341 g/mol. The van der Waals surface area contributed by atoms with Crippen molar-refractivity contribution >= 4 is 8.07 Å². The summed E-state index contributed by atoms with van der Waals surface area (Å²) in [6.45, 7) is 9.72. The van der Waals surface area contributed by atoms with Crippen molar-refractivity contribution in [3.8, 4) is 0 Å². The topological polar surface area (TPSA) is 0 Å². The highest BCUT2D eigenvalue weighted by Gasteiger charge is 2.25. The predicted octanol–water partition coefficient (Wildman–Crippen LogP) is 8.98. The Morgan fingerprint density at radius 3 is 0.913 bits per heavy atom. The molecular weight excluding hydrogens is 292 g/mol. The summed E-state index contributed by atoms with van der Waals surface area (Å²) >= 11 is 0. The van der Waals surface area contributed by atoms with Crippen LogP contribution < -0.4 is 0 Å². The Kier molecular flexibility index (Phi) is 17.2. The summed E-state index contributed by atoms with van der Waals surface area (Å²) in [5.74, 6) is 0. The molecule has 1 heteroatoms. The van der Waals surface area contributed by atoms with Crippen LogP contribution in [0.1, 0.15) is 117 Å². The van der Waals surface area contributed by atoms with Gasteiger partial charge in [0.05, 0.1) is 8.07 Å². The molecule has 0 aromatic rings. The highest BCUT2D eigenvalue weighted by atomic mass is 28.3. The first-order valence-electron chi connectivity index (χ1n) is 11.2. The van der Waals surface area contributed by atoms with Gasteiger partial charge in [-0.25, -0.2) is 0 Å². The molecule has 0 amide bonds. The van der Waals surface area contributed by atoms with Crippen LogP contribution in [0.3, 0.4) is 0 Å². The summed E-state index contributed by atoms with van der Waals surface area (Å²) in [7, 11) is -0.930. The van der Waals surface area contributed by atoms with Gasteiger partial charge in [0.2, 0.25) is 0 Å². The Hall–Kier alpha value is 0.217. The summed E-state index contributed by atoms with van der Waals surface area (Å²) < 4.78 is 0. The Morgan fingerprint density at radius 1 is 0.391 bits per heavy atom. The first kappa shape index (κ1) is 23.2. The van der Waals surface area contributed by atoms with Crippen LogP contribution in [0.5, 0.6) is 0 Å². The van der Waals surface area contributed by atoms with Crippen LogP contribution in [0.15, 0.2) is 0 Å². The molecule has 0 aromatic heterocycles. The molecule has 0 aromatic carbocycles. The molecule has 0 saturated heterocycles. The molecule has 0 atom stereocenters. The summed E-state index contributed by atoms with van der Waals surface area (Å²) in [6, 6.07) is 4.87. The van der Waals surface area contributed by atoms with E-state index in [1.807, 2.05) is 0 Å². The van der Waals surface area contributed by atoms with E-state index in [1.165, 1.54) is 96.3 Å². The van der Waals surface area contributed by atoms with Gasteiger partial charge in [-0.05, 0) is 0 Å². The maximum absolute atomic E-state index is 2.74. The number of hydrogen-bond acceptors (Lipinski definition) is 0. The summed E-state index contributed by atoms with van der Waals surface area (Å²) in [5, 5.41) is 0. The Labute approximate surface area is 150 Å². The second-order valence-corrected chi connectivity index (χ2v) is 13.4. The van der Waals surface area contributed by atoms with Gasteiger partial charge in [-0.1, -0.05) is 142 Å². The minimum Gasteiger partial charge on any atom is -0.0691 e. The normalized spacial score (nSPS) is 12.0. The lowest BCUT2D eigenvalue weighted by molar-refractivity contribution is 0.631. The average Bonchev–Trinajstić information content (AvgIpc) is 2.54. The van der Waals surface area contributed by atoms with Crippen LogP contribution in [-0.4, -0.2) is 8.07 Å². The molecule has 0 bridgehead atoms. The molecule has 0 nitrogen and oxygen atoms in total. The molecule has 0 fully saturated rings. The van der Waals surface area contributed by atoms with Crippen molar-refractivity contribution in [1.82, 2.24) is 0 Å². The van der Waals surface area contributed by atoms with Gasteiger partial charge in [0.1, 0.15) is 0 Å². The summed E-state index contributed by atoms with van der Waals surface area (Å²) in [6.07, 6.45) is 22.0. The van der Waals surface area contributed by atoms with Crippen molar-refractivity contribution in [2.45, 2.75) is 142 Å². The fourth-order valence-corrected chi connectivity index (χ4v) is 7.90. The third kappa shape index (κ3) is 15.5. The van der Waals surface area contributed by atoms with E-state index < -0.39 is 8.07 Å². The van der Waals surface area contributed by atoms with Crippen molar-refractivity contribution in [3.63, 3.8) is 0 Å². The van der Waals surface area contributed by atoms with Crippen molar-refractivity contribution in [1.29, 1.82) is 0 Å². The van der Waals surface area contributed by atoms with Crippen LogP contribution >= 0.6 is 0 Å². The van der Waals surface area contributed by atoms with E-state index in [0.29, 0.717) is 0 Å². The van der Waals surface area contributed by atoms with Gasteiger partial charge in [0.25, 0.3) is 0 Å². The van der Waals surface area contributed by atoms with E-state index in [2.05, 4.69) is 27.3 Å². The molecule has 140 valence electrons. The van der Waals surface area contributed by atoms with E-state index in [-0.39, 0.29) is 0 Å². The molecule has 0 heterocycles. The summed E-state index contributed by atoms with van der Waals surface area (Å²) in [4.78, 5) is 0. The van der Waals surface area contributed by atoms with Gasteiger partial charge in [0, 0.05) is 0 Å². The van der Waals surface area contributed by atoms with Crippen LogP contribution in [0.2, 0.25) is 24.7 Å². The molecule has 23 heavy (non-hydrogen) atoms. The fraction of sp³-hybridized carbons (Fsp3) is 1.00. The molecule has 0 aliphatic carbocycles. The van der Waals surface area contributed by atoms with Crippen LogP contribution in [0.25, 0.3) is 0 Å². The summed E-state index contributed by atoms with van der Waals surface area (Å²) in [5.41, 5.74) is 0. The van der Waals surface area contributed by atoms with E-state index in [9.17, 15) is 0 Å². The Balaban J connectivity index is 4.00. The predicted molar refractivity (Wildman–Crippen MR) is 112 cm³/mol. The standard InChI is InChI=1S/C22H48Si/c1-5-8-11-14-17-20-23(4,21-18-15-12-9-6-2)22-19-16-13-10-7-3/h5-22H2,1-4H3. The lowest BCUT2D eigenvalue weighted by Crippen LogP contribution is -2.29. The molecule has 0 N–H and O–H groups in total. The molecular formula is C22H48Si. The van der Waals surface area contributed by atoms with Crippen molar-refractivity contribution in [3.05, 3.63) is 0 Å². The number of unbranched alkanes of at least 4 members (excludes halogenated alkanes) is 12. The number of hydrogen-bond donors (Lipinski definition) is 0. The second-order valence-electron chi connectivity index (χ2n) is 8.30. The molecule has 0 spiro atoms. The third-order valence-corrected chi connectivity index (χ3v) is 10.3. The zero-order chi connectivity index (χ0) is 17.2. The largest absolute Gasteiger partial charge is 0.0691 e. The van der Waals surface area contributed by atoms with E-state index in [4.69, 9.17) is 0 Å². The lowest BCUT2D eigenvalue weighted by Gasteiger charge is -2.28. The van der Waals surface area contributed by atoms with Crippen LogP contribution in [0.4, 0.5) is 0 Å². The van der Waals surface area contributed by atoms with Gasteiger partial charge < -0.3 is 0 Å². The maximum Gasteiger partial charge on any atom is 0.0504 e. The van der Waals surface area contributed by atoms with Gasteiger partial charge in [0.15, 0.2) is 0 Å². The zero-order valence-electron chi connectivity index (χ0n) is 17.2.